The van der Waals surface area contributed by atoms with Crippen molar-refractivity contribution < 1.29 is 18.3 Å². The zero-order valence-corrected chi connectivity index (χ0v) is 16.9. The molecular weight excluding hydrogens is 415 g/mol. The summed E-state index contributed by atoms with van der Waals surface area (Å²) in [6.07, 6.45) is 1.52. The van der Waals surface area contributed by atoms with Crippen molar-refractivity contribution in [3.63, 3.8) is 0 Å². The molecule has 2 aromatic heterocycles. The molecule has 0 aliphatic heterocycles. The van der Waals surface area contributed by atoms with Crippen LogP contribution in [0, 0.1) is 17.1 Å². The average Bonchev–Trinajstić information content (AvgIpc) is 3.33. The lowest BCUT2D eigenvalue weighted by Gasteiger charge is -2.11. The van der Waals surface area contributed by atoms with Gasteiger partial charge in [0.25, 0.3) is 0 Å². The molecule has 4 rings (SSSR count). The zero-order valence-electron chi connectivity index (χ0n) is 16.1. The number of nitriles is 1. The monoisotopic (exact) mass is 430 g/mol. The summed E-state index contributed by atoms with van der Waals surface area (Å²) in [5.74, 6) is 0.0787. The van der Waals surface area contributed by atoms with Crippen molar-refractivity contribution in [2.45, 2.75) is 5.03 Å². The van der Waals surface area contributed by atoms with E-state index in [1.54, 1.807) is 54.6 Å². The number of thioether (sulfide) groups is 1. The highest BCUT2D eigenvalue weighted by Gasteiger charge is 2.18. The Morgan fingerprint density at radius 3 is 2.55 bits per heavy atom. The summed E-state index contributed by atoms with van der Waals surface area (Å²) >= 11 is 1.10. The van der Waals surface area contributed by atoms with Crippen molar-refractivity contribution in [2.75, 3.05) is 5.75 Å². The van der Waals surface area contributed by atoms with Gasteiger partial charge in [-0.3, -0.25) is 4.79 Å². The molecule has 0 unspecified atom stereocenters. The number of furan rings is 1. The van der Waals surface area contributed by atoms with E-state index in [9.17, 15) is 14.4 Å². The largest absolute Gasteiger partial charge is 0.463 e. The van der Waals surface area contributed by atoms with E-state index in [1.165, 1.54) is 18.4 Å². The molecule has 5 nitrogen and oxygen atoms in total. The van der Waals surface area contributed by atoms with Gasteiger partial charge < -0.3 is 9.15 Å². The number of carbonyl (C=O) groups is 1. The van der Waals surface area contributed by atoms with Gasteiger partial charge >= 0.3 is 5.97 Å². The van der Waals surface area contributed by atoms with Gasteiger partial charge in [-0.25, -0.2) is 9.37 Å². The molecule has 2 heterocycles. The molecule has 0 aliphatic rings. The Bertz CT molecular complexity index is 1230. The molecule has 0 N–H and O–H groups in total. The van der Waals surface area contributed by atoms with E-state index in [0.717, 1.165) is 11.8 Å². The third kappa shape index (κ3) is 4.82. The molecule has 0 saturated carbocycles. The van der Waals surface area contributed by atoms with E-state index >= 15 is 0 Å². The number of hydrogen-bond donors (Lipinski definition) is 0. The maximum Gasteiger partial charge on any atom is 0.321 e. The van der Waals surface area contributed by atoms with Gasteiger partial charge in [-0.15, -0.1) is 0 Å². The highest BCUT2D eigenvalue weighted by molar-refractivity contribution is 7.99. The number of pyridine rings is 1. The molecule has 7 heteroatoms. The van der Waals surface area contributed by atoms with Gasteiger partial charge in [-0.2, -0.15) is 5.26 Å². The van der Waals surface area contributed by atoms with E-state index in [1.807, 2.05) is 6.07 Å². The number of aromatic nitrogens is 1. The first-order valence-corrected chi connectivity index (χ1v) is 10.3. The van der Waals surface area contributed by atoms with Crippen LogP contribution in [-0.4, -0.2) is 16.7 Å². The first kappa shape index (κ1) is 20.4. The van der Waals surface area contributed by atoms with Crippen molar-refractivity contribution in [1.82, 2.24) is 4.98 Å². The third-order valence-electron chi connectivity index (χ3n) is 4.33. The molecule has 152 valence electrons. The fourth-order valence-corrected chi connectivity index (χ4v) is 3.69. The minimum absolute atomic E-state index is 0.0406. The van der Waals surface area contributed by atoms with Crippen molar-refractivity contribution in [3.8, 4) is 34.4 Å². The van der Waals surface area contributed by atoms with Crippen molar-refractivity contribution >= 4 is 17.7 Å². The van der Waals surface area contributed by atoms with Gasteiger partial charge in [0.15, 0.2) is 5.76 Å². The molecule has 0 amide bonds. The van der Waals surface area contributed by atoms with E-state index in [0.29, 0.717) is 38.9 Å². The van der Waals surface area contributed by atoms with Gasteiger partial charge in [0.05, 0.1) is 17.6 Å². The predicted octanol–water partition coefficient (Wildman–Crippen LogP) is 5.72. The van der Waals surface area contributed by atoms with Crippen molar-refractivity contribution in [3.05, 3.63) is 90.4 Å². The Kier molecular flexibility index (Phi) is 6.11. The van der Waals surface area contributed by atoms with Crippen LogP contribution in [0.5, 0.6) is 5.75 Å². The van der Waals surface area contributed by atoms with Crippen LogP contribution in [0.4, 0.5) is 4.39 Å². The molecule has 4 aromatic rings. The van der Waals surface area contributed by atoms with Gasteiger partial charge in [0.1, 0.15) is 28.4 Å². The molecule has 0 spiro atoms. The summed E-state index contributed by atoms with van der Waals surface area (Å²) in [5, 5.41) is 10.2. The molecule has 0 fully saturated rings. The van der Waals surface area contributed by atoms with Crippen LogP contribution in [0.15, 0.2) is 88.5 Å². The summed E-state index contributed by atoms with van der Waals surface area (Å²) < 4.78 is 24.2. The number of halogens is 1. The predicted molar refractivity (Wildman–Crippen MR) is 115 cm³/mol. The average molecular weight is 430 g/mol. The topological polar surface area (TPSA) is 76.1 Å². The minimum Gasteiger partial charge on any atom is -0.463 e. The number of ether oxygens (including phenoxy) is 1. The molecular formula is C24H15FN2O3S. The summed E-state index contributed by atoms with van der Waals surface area (Å²) in [4.78, 5) is 16.8. The van der Waals surface area contributed by atoms with Crippen LogP contribution >= 0.6 is 11.8 Å². The summed E-state index contributed by atoms with van der Waals surface area (Å²) in [6.45, 7) is 0. The van der Waals surface area contributed by atoms with Crippen LogP contribution < -0.4 is 4.74 Å². The normalized spacial score (nSPS) is 10.5. The van der Waals surface area contributed by atoms with Gasteiger partial charge in [0.2, 0.25) is 0 Å². The Labute approximate surface area is 182 Å². The van der Waals surface area contributed by atoms with Crippen LogP contribution in [0.1, 0.15) is 5.56 Å². The number of esters is 1. The van der Waals surface area contributed by atoms with Crippen molar-refractivity contribution in [1.29, 1.82) is 5.26 Å². The molecule has 2 aromatic carbocycles. The van der Waals surface area contributed by atoms with E-state index in [-0.39, 0.29) is 11.6 Å². The Morgan fingerprint density at radius 1 is 1.10 bits per heavy atom. The molecule has 0 atom stereocenters. The second kappa shape index (κ2) is 9.28. The first-order valence-electron chi connectivity index (χ1n) is 9.27. The van der Waals surface area contributed by atoms with E-state index in [4.69, 9.17) is 9.15 Å². The Hall–Kier alpha value is -3.89. The van der Waals surface area contributed by atoms with Gasteiger partial charge in [-0.1, -0.05) is 42.1 Å². The first-order chi connectivity index (χ1) is 15.1. The maximum absolute atomic E-state index is 13.4. The van der Waals surface area contributed by atoms with Gasteiger partial charge in [0, 0.05) is 5.56 Å². The Balaban J connectivity index is 1.68. The summed E-state index contributed by atoms with van der Waals surface area (Å²) in [6, 6.07) is 21.9. The molecule has 0 bridgehead atoms. The third-order valence-corrected chi connectivity index (χ3v) is 5.28. The lowest BCUT2D eigenvalue weighted by atomic mass is 10.0. The fraction of sp³-hybridized carbons (Fsp3) is 0.0417. The molecule has 31 heavy (non-hydrogen) atoms. The fourth-order valence-electron chi connectivity index (χ4n) is 2.92. The van der Waals surface area contributed by atoms with Crippen molar-refractivity contribution in [2.24, 2.45) is 0 Å². The quantitative estimate of drug-likeness (QED) is 0.221. The SMILES string of the molecule is N#Cc1c(-c2ccc(F)cc2)cc(-c2ccco2)nc1SCC(=O)Oc1ccccc1. The lowest BCUT2D eigenvalue weighted by Crippen LogP contribution is -2.11. The van der Waals surface area contributed by atoms with E-state index < -0.39 is 5.97 Å². The number of rotatable bonds is 6. The maximum atomic E-state index is 13.4. The Morgan fingerprint density at radius 2 is 1.87 bits per heavy atom. The van der Waals surface area contributed by atoms with Crippen LogP contribution in [0.3, 0.4) is 0 Å². The second-order valence-corrected chi connectivity index (χ2v) is 7.37. The molecule has 0 radical (unpaired) electrons. The number of carbonyl (C=O) groups excluding carboxylic acids is 1. The highest BCUT2D eigenvalue weighted by atomic mass is 32.2. The van der Waals surface area contributed by atoms with E-state index in [2.05, 4.69) is 11.1 Å². The van der Waals surface area contributed by atoms with Crippen LogP contribution in [0.2, 0.25) is 0 Å². The lowest BCUT2D eigenvalue weighted by molar-refractivity contribution is -0.131. The second-order valence-electron chi connectivity index (χ2n) is 6.41. The smallest absolute Gasteiger partial charge is 0.321 e. The number of nitrogens with zero attached hydrogens (tertiary/aromatic N) is 2. The van der Waals surface area contributed by atoms with Crippen LogP contribution in [-0.2, 0) is 4.79 Å². The van der Waals surface area contributed by atoms with Gasteiger partial charge in [-0.05, 0) is 48.0 Å². The highest BCUT2D eigenvalue weighted by Crippen LogP contribution is 2.34. The number of hydrogen-bond acceptors (Lipinski definition) is 6. The number of benzene rings is 2. The number of para-hydroxylation sites is 1. The summed E-state index contributed by atoms with van der Waals surface area (Å²) in [7, 11) is 0. The molecule has 0 saturated heterocycles. The summed E-state index contributed by atoms with van der Waals surface area (Å²) in [5.41, 5.74) is 2.02. The minimum atomic E-state index is -0.464. The van der Waals surface area contributed by atoms with Crippen LogP contribution in [0.25, 0.3) is 22.6 Å². The zero-order chi connectivity index (χ0) is 21.6. The standard InChI is InChI=1S/C24H15FN2O3S/c25-17-10-8-16(9-11-17)19-13-21(22-7-4-12-29-22)27-24(20(19)14-26)31-15-23(28)30-18-5-2-1-3-6-18/h1-13H,15H2. The molecule has 0 aliphatic carbocycles.